The van der Waals surface area contributed by atoms with Gasteiger partial charge >= 0.3 is 5.97 Å². The van der Waals surface area contributed by atoms with Crippen LogP contribution >= 0.6 is 0 Å². The van der Waals surface area contributed by atoms with Crippen LogP contribution in [-0.2, 0) is 14.3 Å². The molecule has 0 saturated heterocycles. The first-order valence-corrected chi connectivity index (χ1v) is 7.41. The number of methoxy groups -OCH3 is 1. The van der Waals surface area contributed by atoms with E-state index in [1.807, 2.05) is 6.92 Å². The maximum atomic E-state index is 12.2. The van der Waals surface area contributed by atoms with Crippen molar-refractivity contribution in [1.82, 2.24) is 5.32 Å². The lowest BCUT2D eigenvalue weighted by Crippen LogP contribution is -2.58. The Morgan fingerprint density at radius 3 is 2.42 bits per heavy atom. The lowest BCUT2D eigenvalue weighted by atomic mass is 9.93. The first-order valence-electron chi connectivity index (χ1n) is 7.41. The molecule has 4 heteroatoms. The van der Waals surface area contributed by atoms with Gasteiger partial charge in [-0.15, -0.1) is 0 Å². The summed E-state index contributed by atoms with van der Waals surface area (Å²) < 4.78 is 10.9. The van der Waals surface area contributed by atoms with Crippen LogP contribution in [0.5, 0.6) is 0 Å². The Morgan fingerprint density at radius 2 is 2.00 bits per heavy atom. The Morgan fingerprint density at radius 1 is 1.37 bits per heavy atom. The molecule has 2 atom stereocenters. The SMILES string of the molecule is CCNC(COC(C)CC(C)C)(C(=O)OC)C1CC1. The highest BCUT2D eigenvalue weighted by Crippen LogP contribution is 2.41. The summed E-state index contributed by atoms with van der Waals surface area (Å²) in [7, 11) is 1.45. The predicted molar refractivity (Wildman–Crippen MR) is 76.0 cm³/mol. The number of carbonyl (C=O) groups excluding carboxylic acids is 1. The zero-order valence-electron chi connectivity index (χ0n) is 13.0. The first-order chi connectivity index (χ1) is 8.96. The van der Waals surface area contributed by atoms with Gasteiger partial charge in [0.1, 0.15) is 5.54 Å². The molecular weight excluding hydrogens is 242 g/mol. The van der Waals surface area contributed by atoms with E-state index >= 15 is 0 Å². The van der Waals surface area contributed by atoms with Crippen molar-refractivity contribution >= 4 is 5.97 Å². The third-order valence-corrected chi connectivity index (χ3v) is 3.72. The van der Waals surface area contributed by atoms with Crippen LogP contribution in [0, 0.1) is 11.8 Å². The molecule has 0 amide bonds. The largest absolute Gasteiger partial charge is 0.468 e. The lowest BCUT2D eigenvalue weighted by molar-refractivity contribution is -0.154. The molecule has 0 radical (unpaired) electrons. The van der Waals surface area contributed by atoms with Crippen molar-refractivity contribution in [2.24, 2.45) is 11.8 Å². The summed E-state index contributed by atoms with van der Waals surface area (Å²) >= 11 is 0. The normalized spacial score (nSPS) is 20.1. The summed E-state index contributed by atoms with van der Waals surface area (Å²) in [5, 5.41) is 3.32. The topological polar surface area (TPSA) is 47.6 Å². The second-order valence-corrected chi connectivity index (χ2v) is 6.02. The number of hydrogen-bond donors (Lipinski definition) is 1. The van der Waals surface area contributed by atoms with Crippen molar-refractivity contribution < 1.29 is 14.3 Å². The van der Waals surface area contributed by atoms with Crippen LogP contribution in [0.4, 0.5) is 0 Å². The van der Waals surface area contributed by atoms with Gasteiger partial charge in [0.25, 0.3) is 0 Å². The highest BCUT2D eigenvalue weighted by molar-refractivity contribution is 5.82. The van der Waals surface area contributed by atoms with Crippen LogP contribution in [-0.4, -0.2) is 37.9 Å². The van der Waals surface area contributed by atoms with Gasteiger partial charge in [-0.1, -0.05) is 20.8 Å². The first kappa shape index (κ1) is 16.4. The lowest BCUT2D eigenvalue weighted by Gasteiger charge is -2.33. The molecule has 0 bridgehead atoms. The number of carbonyl (C=O) groups is 1. The van der Waals surface area contributed by atoms with Gasteiger partial charge in [-0.3, -0.25) is 5.32 Å². The van der Waals surface area contributed by atoms with E-state index in [1.165, 1.54) is 7.11 Å². The summed E-state index contributed by atoms with van der Waals surface area (Å²) in [6.07, 6.45) is 3.32. The van der Waals surface area contributed by atoms with E-state index in [0.717, 1.165) is 25.8 Å². The molecule has 1 aliphatic carbocycles. The fourth-order valence-corrected chi connectivity index (χ4v) is 2.69. The molecule has 0 aromatic carbocycles. The van der Waals surface area contributed by atoms with E-state index in [1.54, 1.807) is 0 Å². The van der Waals surface area contributed by atoms with E-state index in [4.69, 9.17) is 9.47 Å². The minimum absolute atomic E-state index is 0.168. The van der Waals surface area contributed by atoms with Crippen molar-refractivity contribution in [3.05, 3.63) is 0 Å². The van der Waals surface area contributed by atoms with Crippen molar-refractivity contribution in [2.75, 3.05) is 20.3 Å². The van der Waals surface area contributed by atoms with Crippen LogP contribution in [0.3, 0.4) is 0 Å². The minimum atomic E-state index is -0.644. The molecule has 1 fully saturated rings. The number of esters is 1. The number of hydrogen-bond acceptors (Lipinski definition) is 4. The second kappa shape index (κ2) is 7.25. The molecule has 0 aromatic rings. The number of nitrogens with one attached hydrogen (secondary N) is 1. The summed E-state index contributed by atoms with van der Waals surface area (Å²) in [6, 6.07) is 0. The quantitative estimate of drug-likeness (QED) is 0.654. The summed E-state index contributed by atoms with van der Waals surface area (Å²) in [5.41, 5.74) is -0.644. The van der Waals surface area contributed by atoms with Gasteiger partial charge in [0, 0.05) is 0 Å². The third-order valence-electron chi connectivity index (χ3n) is 3.72. The molecule has 0 spiro atoms. The van der Waals surface area contributed by atoms with Crippen LogP contribution in [0.15, 0.2) is 0 Å². The molecule has 19 heavy (non-hydrogen) atoms. The van der Waals surface area contributed by atoms with Gasteiger partial charge in [0.15, 0.2) is 0 Å². The molecule has 1 rings (SSSR count). The molecule has 4 nitrogen and oxygen atoms in total. The molecule has 1 aliphatic rings. The molecule has 0 aromatic heterocycles. The zero-order valence-corrected chi connectivity index (χ0v) is 13.0. The van der Waals surface area contributed by atoms with Crippen LogP contribution in [0.2, 0.25) is 0 Å². The molecule has 0 aliphatic heterocycles. The van der Waals surface area contributed by atoms with Crippen molar-refractivity contribution in [3.8, 4) is 0 Å². The molecule has 2 unspecified atom stereocenters. The highest BCUT2D eigenvalue weighted by Gasteiger charge is 2.51. The Kier molecular flexibility index (Phi) is 6.27. The number of rotatable bonds is 9. The minimum Gasteiger partial charge on any atom is -0.468 e. The van der Waals surface area contributed by atoms with Gasteiger partial charge in [-0.05, 0) is 44.6 Å². The molecular formula is C15H29NO3. The molecule has 112 valence electrons. The highest BCUT2D eigenvalue weighted by atomic mass is 16.5. The number of ether oxygens (including phenoxy) is 2. The van der Waals surface area contributed by atoms with E-state index < -0.39 is 5.54 Å². The Hall–Kier alpha value is -0.610. The molecule has 1 N–H and O–H groups in total. The Bertz CT molecular complexity index is 289. The van der Waals surface area contributed by atoms with Gasteiger partial charge < -0.3 is 9.47 Å². The summed E-state index contributed by atoms with van der Waals surface area (Å²) in [4.78, 5) is 12.2. The van der Waals surface area contributed by atoms with Gasteiger partial charge in [-0.25, -0.2) is 4.79 Å². The standard InChI is InChI=1S/C15H29NO3/c1-6-16-15(13-7-8-13,14(17)18-5)10-19-12(4)9-11(2)3/h11-13,16H,6-10H2,1-5H3. The fourth-order valence-electron chi connectivity index (χ4n) is 2.69. The van der Waals surface area contributed by atoms with Crippen molar-refractivity contribution in [1.29, 1.82) is 0 Å². The molecule has 0 heterocycles. The van der Waals surface area contributed by atoms with E-state index in [0.29, 0.717) is 18.4 Å². The van der Waals surface area contributed by atoms with E-state index in [9.17, 15) is 4.79 Å². The average Bonchev–Trinajstić information content (AvgIpc) is 3.17. The maximum Gasteiger partial charge on any atom is 0.328 e. The smallest absolute Gasteiger partial charge is 0.328 e. The Balaban J connectivity index is 2.65. The van der Waals surface area contributed by atoms with Crippen LogP contribution < -0.4 is 5.32 Å². The third kappa shape index (κ3) is 4.46. The van der Waals surface area contributed by atoms with Gasteiger partial charge in [0.2, 0.25) is 0 Å². The van der Waals surface area contributed by atoms with Gasteiger partial charge in [0.05, 0.1) is 19.8 Å². The van der Waals surface area contributed by atoms with E-state index in [2.05, 4.69) is 26.1 Å². The van der Waals surface area contributed by atoms with Gasteiger partial charge in [-0.2, -0.15) is 0 Å². The number of likely N-dealkylation sites (N-methyl/N-ethyl adjacent to an activating group) is 1. The second-order valence-electron chi connectivity index (χ2n) is 6.02. The Labute approximate surface area is 117 Å². The monoisotopic (exact) mass is 271 g/mol. The average molecular weight is 271 g/mol. The van der Waals surface area contributed by atoms with Crippen molar-refractivity contribution in [2.45, 2.75) is 58.6 Å². The maximum absolute atomic E-state index is 12.2. The predicted octanol–water partition coefficient (Wildman–Crippen LogP) is 2.37. The van der Waals surface area contributed by atoms with Crippen molar-refractivity contribution in [3.63, 3.8) is 0 Å². The summed E-state index contributed by atoms with van der Waals surface area (Å²) in [6.45, 7) is 9.59. The van der Waals surface area contributed by atoms with Crippen LogP contribution in [0.25, 0.3) is 0 Å². The molecule has 1 saturated carbocycles. The fraction of sp³-hybridized carbons (Fsp3) is 0.933. The summed E-state index contributed by atoms with van der Waals surface area (Å²) in [5.74, 6) is 0.766. The zero-order chi connectivity index (χ0) is 14.5. The van der Waals surface area contributed by atoms with E-state index in [-0.39, 0.29) is 12.1 Å². The van der Waals surface area contributed by atoms with Crippen LogP contribution in [0.1, 0.15) is 47.0 Å².